The van der Waals surface area contributed by atoms with Gasteiger partial charge in [-0.25, -0.2) is 4.79 Å². The van der Waals surface area contributed by atoms with Crippen LogP contribution in [-0.4, -0.2) is 28.6 Å². The van der Waals surface area contributed by atoms with Crippen molar-refractivity contribution < 1.29 is 14.7 Å². The van der Waals surface area contributed by atoms with E-state index in [0.29, 0.717) is 25.2 Å². The summed E-state index contributed by atoms with van der Waals surface area (Å²) < 4.78 is 0. The highest BCUT2D eigenvalue weighted by Gasteiger charge is 2.43. The van der Waals surface area contributed by atoms with Crippen LogP contribution in [0.2, 0.25) is 0 Å². The predicted octanol–water partition coefficient (Wildman–Crippen LogP) is 1.26. The Labute approximate surface area is 108 Å². The van der Waals surface area contributed by atoms with E-state index in [9.17, 15) is 14.7 Å². The quantitative estimate of drug-likeness (QED) is 0.690. The maximum atomic E-state index is 11.8. The molecule has 1 fully saturated rings. The van der Waals surface area contributed by atoms with Gasteiger partial charge in [-0.1, -0.05) is 20.3 Å². The third kappa shape index (κ3) is 3.22. The topological polar surface area (TPSA) is 92.4 Å². The zero-order valence-electron chi connectivity index (χ0n) is 11.2. The maximum Gasteiger partial charge on any atom is 0.329 e. The molecule has 0 spiro atoms. The standard InChI is InChI=1S/C13H24N2O3/c1-3-9-5-7-13(8-6-9,12(17)18)15-11(16)10(14)4-2/h9-10H,3-8,14H2,1-2H3,(H,15,16)(H,17,18)/t9?,10-,13?/m1/s1. The summed E-state index contributed by atoms with van der Waals surface area (Å²) in [5, 5.41) is 12.1. The van der Waals surface area contributed by atoms with E-state index in [2.05, 4.69) is 12.2 Å². The normalized spacial score (nSPS) is 29.6. The number of carbonyl (C=O) groups excluding carboxylic acids is 1. The molecule has 1 saturated carbocycles. The number of carboxylic acid groups (broad SMARTS) is 1. The first-order valence-electron chi connectivity index (χ1n) is 6.76. The van der Waals surface area contributed by atoms with Gasteiger partial charge in [-0.05, 0) is 38.0 Å². The van der Waals surface area contributed by atoms with Crippen molar-refractivity contribution in [2.24, 2.45) is 11.7 Å². The Morgan fingerprint density at radius 3 is 2.33 bits per heavy atom. The van der Waals surface area contributed by atoms with Crippen molar-refractivity contribution in [1.82, 2.24) is 5.32 Å². The van der Waals surface area contributed by atoms with Crippen molar-refractivity contribution in [3.05, 3.63) is 0 Å². The first-order valence-corrected chi connectivity index (χ1v) is 6.76. The van der Waals surface area contributed by atoms with Gasteiger partial charge in [0.25, 0.3) is 0 Å². The van der Waals surface area contributed by atoms with Crippen LogP contribution >= 0.6 is 0 Å². The highest BCUT2D eigenvalue weighted by molar-refractivity contribution is 5.89. The van der Waals surface area contributed by atoms with E-state index in [4.69, 9.17) is 5.73 Å². The number of nitrogens with one attached hydrogen (secondary N) is 1. The van der Waals surface area contributed by atoms with Crippen LogP contribution in [-0.2, 0) is 9.59 Å². The number of hydrogen-bond acceptors (Lipinski definition) is 3. The van der Waals surface area contributed by atoms with Crippen LogP contribution in [0.15, 0.2) is 0 Å². The lowest BCUT2D eigenvalue weighted by Gasteiger charge is -2.37. The fraction of sp³-hybridized carbons (Fsp3) is 0.846. The molecule has 18 heavy (non-hydrogen) atoms. The molecule has 0 saturated heterocycles. The summed E-state index contributed by atoms with van der Waals surface area (Å²) in [5.41, 5.74) is 4.54. The van der Waals surface area contributed by atoms with Gasteiger partial charge in [-0.3, -0.25) is 4.79 Å². The summed E-state index contributed by atoms with van der Waals surface area (Å²) in [6.45, 7) is 3.93. The number of amides is 1. The van der Waals surface area contributed by atoms with Gasteiger partial charge in [0.15, 0.2) is 0 Å². The Bertz CT molecular complexity index is 309. The molecule has 1 atom stereocenters. The molecule has 0 radical (unpaired) electrons. The first kappa shape index (κ1) is 15.0. The fourth-order valence-corrected chi connectivity index (χ4v) is 2.48. The lowest BCUT2D eigenvalue weighted by Crippen LogP contribution is -2.59. The molecular formula is C13H24N2O3. The molecule has 104 valence electrons. The molecule has 1 aliphatic rings. The number of rotatable bonds is 5. The molecule has 5 heteroatoms. The summed E-state index contributed by atoms with van der Waals surface area (Å²) in [6, 6.07) is -0.620. The fourth-order valence-electron chi connectivity index (χ4n) is 2.48. The maximum absolute atomic E-state index is 11.8. The molecule has 0 heterocycles. The van der Waals surface area contributed by atoms with E-state index in [0.717, 1.165) is 19.3 Å². The van der Waals surface area contributed by atoms with Gasteiger partial charge in [-0.15, -0.1) is 0 Å². The van der Waals surface area contributed by atoms with Crippen molar-refractivity contribution >= 4 is 11.9 Å². The summed E-state index contributed by atoms with van der Waals surface area (Å²) in [4.78, 5) is 23.3. The van der Waals surface area contributed by atoms with Crippen LogP contribution in [0, 0.1) is 5.92 Å². The molecule has 0 aromatic heterocycles. The number of carboxylic acids is 1. The van der Waals surface area contributed by atoms with E-state index in [1.807, 2.05) is 6.92 Å². The molecule has 1 amide bonds. The zero-order valence-corrected chi connectivity index (χ0v) is 11.2. The SMILES string of the molecule is CCC1CCC(NC(=O)[C@H](N)CC)(C(=O)O)CC1. The van der Waals surface area contributed by atoms with Crippen LogP contribution in [0.4, 0.5) is 0 Å². The highest BCUT2D eigenvalue weighted by Crippen LogP contribution is 2.34. The largest absolute Gasteiger partial charge is 0.480 e. The predicted molar refractivity (Wildman–Crippen MR) is 69.0 cm³/mol. The van der Waals surface area contributed by atoms with E-state index < -0.39 is 17.6 Å². The summed E-state index contributed by atoms with van der Waals surface area (Å²) >= 11 is 0. The third-order valence-electron chi connectivity index (χ3n) is 4.08. The molecule has 0 aliphatic heterocycles. The molecule has 1 rings (SSSR count). The smallest absolute Gasteiger partial charge is 0.329 e. The van der Waals surface area contributed by atoms with Crippen molar-refractivity contribution in [3.63, 3.8) is 0 Å². The van der Waals surface area contributed by atoms with Gasteiger partial charge in [0, 0.05) is 0 Å². The van der Waals surface area contributed by atoms with Crippen LogP contribution in [0.3, 0.4) is 0 Å². The summed E-state index contributed by atoms with van der Waals surface area (Å²) in [5.74, 6) is -0.710. The zero-order chi connectivity index (χ0) is 13.8. The average molecular weight is 256 g/mol. The highest BCUT2D eigenvalue weighted by atomic mass is 16.4. The second-order valence-corrected chi connectivity index (χ2v) is 5.24. The van der Waals surface area contributed by atoms with Crippen LogP contribution in [0.1, 0.15) is 52.4 Å². The van der Waals surface area contributed by atoms with Gasteiger partial charge in [0.2, 0.25) is 5.91 Å². The molecule has 5 nitrogen and oxygen atoms in total. The monoisotopic (exact) mass is 256 g/mol. The van der Waals surface area contributed by atoms with Gasteiger partial charge in [0.1, 0.15) is 5.54 Å². The van der Waals surface area contributed by atoms with E-state index in [1.54, 1.807) is 0 Å². The summed E-state index contributed by atoms with van der Waals surface area (Å²) in [6.07, 6.45) is 4.29. The molecule has 4 N–H and O–H groups in total. The van der Waals surface area contributed by atoms with Gasteiger partial charge < -0.3 is 16.2 Å². The Kier molecular flexibility index (Phi) is 5.14. The number of aliphatic carboxylic acids is 1. The van der Waals surface area contributed by atoms with E-state index in [-0.39, 0.29) is 5.91 Å². The van der Waals surface area contributed by atoms with Crippen LogP contribution in [0.5, 0.6) is 0 Å². The van der Waals surface area contributed by atoms with Crippen molar-refractivity contribution in [1.29, 1.82) is 0 Å². The minimum absolute atomic E-state index is 0.352. The molecule has 0 unspecified atom stereocenters. The number of carbonyl (C=O) groups is 2. The van der Waals surface area contributed by atoms with Crippen molar-refractivity contribution in [3.8, 4) is 0 Å². The minimum Gasteiger partial charge on any atom is -0.480 e. The Morgan fingerprint density at radius 2 is 1.94 bits per heavy atom. The van der Waals surface area contributed by atoms with Gasteiger partial charge in [0.05, 0.1) is 6.04 Å². The van der Waals surface area contributed by atoms with Crippen LogP contribution < -0.4 is 11.1 Å². The Hall–Kier alpha value is -1.10. The van der Waals surface area contributed by atoms with E-state index >= 15 is 0 Å². The van der Waals surface area contributed by atoms with Gasteiger partial charge >= 0.3 is 5.97 Å². The Morgan fingerprint density at radius 1 is 1.39 bits per heavy atom. The lowest BCUT2D eigenvalue weighted by molar-refractivity contribution is -0.150. The average Bonchev–Trinajstić information content (AvgIpc) is 2.38. The molecule has 1 aliphatic carbocycles. The van der Waals surface area contributed by atoms with Crippen molar-refractivity contribution in [2.45, 2.75) is 64.0 Å². The Balaban J connectivity index is 2.71. The molecular weight excluding hydrogens is 232 g/mol. The summed E-state index contributed by atoms with van der Waals surface area (Å²) in [7, 11) is 0. The van der Waals surface area contributed by atoms with E-state index in [1.165, 1.54) is 0 Å². The minimum atomic E-state index is -1.10. The third-order valence-corrected chi connectivity index (χ3v) is 4.08. The second-order valence-electron chi connectivity index (χ2n) is 5.24. The molecule has 0 bridgehead atoms. The number of nitrogens with two attached hydrogens (primary N) is 1. The molecule has 0 aromatic carbocycles. The molecule has 0 aromatic rings. The lowest BCUT2D eigenvalue weighted by atomic mass is 9.75. The number of hydrogen-bond donors (Lipinski definition) is 3. The first-order chi connectivity index (χ1) is 8.45. The van der Waals surface area contributed by atoms with Gasteiger partial charge in [-0.2, -0.15) is 0 Å². The second kappa shape index (κ2) is 6.18. The van der Waals surface area contributed by atoms with Crippen LogP contribution in [0.25, 0.3) is 0 Å². The van der Waals surface area contributed by atoms with Crippen molar-refractivity contribution in [2.75, 3.05) is 0 Å².